The van der Waals surface area contributed by atoms with E-state index in [0.717, 1.165) is 5.52 Å². The highest BCUT2D eigenvalue weighted by Gasteiger charge is 2.07. The average Bonchev–Trinajstić information content (AvgIpc) is 2.55. The number of rotatable bonds is 1. The Labute approximate surface area is 123 Å². The SMILES string of the molecule is Cc1c(-c2ccc3ccccc3c2)cnc2ccccc12. The fourth-order valence-corrected chi connectivity index (χ4v) is 2.93. The zero-order valence-electron chi connectivity index (χ0n) is 11.9. The first-order valence-electron chi connectivity index (χ1n) is 7.16. The van der Waals surface area contributed by atoms with Gasteiger partial charge in [0.1, 0.15) is 0 Å². The lowest BCUT2D eigenvalue weighted by Gasteiger charge is -2.10. The van der Waals surface area contributed by atoms with E-state index in [-0.39, 0.29) is 0 Å². The minimum atomic E-state index is 1.06. The van der Waals surface area contributed by atoms with Crippen molar-refractivity contribution in [3.8, 4) is 11.1 Å². The second-order valence-corrected chi connectivity index (χ2v) is 5.38. The highest BCUT2D eigenvalue weighted by Crippen LogP contribution is 2.30. The topological polar surface area (TPSA) is 12.9 Å². The summed E-state index contributed by atoms with van der Waals surface area (Å²) >= 11 is 0. The summed E-state index contributed by atoms with van der Waals surface area (Å²) in [5, 5.41) is 3.76. The van der Waals surface area contributed by atoms with Crippen molar-refractivity contribution < 1.29 is 0 Å². The van der Waals surface area contributed by atoms with E-state index in [1.165, 1.54) is 32.8 Å². The second kappa shape index (κ2) is 4.71. The summed E-state index contributed by atoms with van der Waals surface area (Å²) < 4.78 is 0. The van der Waals surface area contributed by atoms with Gasteiger partial charge in [0.05, 0.1) is 5.52 Å². The molecule has 4 aromatic rings. The number of aryl methyl sites for hydroxylation is 1. The van der Waals surface area contributed by atoms with Crippen molar-refractivity contribution in [3.63, 3.8) is 0 Å². The molecule has 0 radical (unpaired) electrons. The molecule has 1 nitrogen and oxygen atoms in total. The zero-order valence-corrected chi connectivity index (χ0v) is 11.9. The maximum atomic E-state index is 4.60. The Balaban J connectivity index is 1.97. The van der Waals surface area contributed by atoms with Gasteiger partial charge in [0.15, 0.2) is 0 Å². The van der Waals surface area contributed by atoms with Gasteiger partial charge in [-0.05, 0) is 41.0 Å². The molecule has 0 saturated heterocycles. The summed E-state index contributed by atoms with van der Waals surface area (Å²) in [5.74, 6) is 0. The molecule has 0 amide bonds. The predicted molar refractivity (Wildman–Crippen MR) is 89.4 cm³/mol. The van der Waals surface area contributed by atoms with E-state index >= 15 is 0 Å². The maximum absolute atomic E-state index is 4.60. The minimum Gasteiger partial charge on any atom is -0.256 e. The van der Waals surface area contributed by atoms with Crippen molar-refractivity contribution in [1.82, 2.24) is 4.98 Å². The van der Waals surface area contributed by atoms with Crippen molar-refractivity contribution in [2.45, 2.75) is 6.92 Å². The number of para-hydroxylation sites is 1. The number of aromatic nitrogens is 1. The predicted octanol–water partition coefficient (Wildman–Crippen LogP) is 5.36. The molecule has 0 aliphatic heterocycles. The Bertz CT molecular complexity index is 954. The van der Waals surface area contributed by atoms with Gasteiger partial charge in [-0.25, -0.2) is 0 Å². The Morgan fingerprint density at radius 2 is 1.52 bits per heavy atom. The third-order valence-electron chi connectivity index (χ3n) is 4.11. The summed E-state index contributed by atoms with van der Waals surface area (Å²) in [6.45, 7) is 2.18. The van der Waals surface area contributed by atoms with Crippen molar-refractivity contribution in [1.29, 1.82) is 0 Å². The van der Waals surface area contributed by atoms with Crippen LogP contribution in [0.25, 0.3) is 32.8 Å². The molecule has 1 heterocycles. The normalized spacial score (nSPS) is 11.1. The van der Waals surface area contributed by atoms with Gasteiger partial charge in [-0.15, -0.1) is 0 Å². The lowest BCUT2D eigenvalue weighted by molar-refractivity contribution is 1.37. The summed E-state index contributed by atoms with van der Waals surface area (Å²) in [7, 11) is 0. The molecule has 0 spiro atoms. The smallest absolute Gasteiger partial charge is 0.0705 e. The molecule has 3 aromatic carbocycles. The first kappa shape index (κ1) is 12.1. The van der Waals surface area contributed by atoms with Gasteiger partial charge in [-0.1, -0.05) is 54.6 Å². The van der Waals surface area contributed by atoms with E-state index in [2.05, 4.69) is 72.6 Å². The fourth-order valence-electron chi connectivity index (χ4n) is 2.93. The molecule has 0 bridgehead atoms. The first-order valence-corrected chi connectivity index (χ1v) is 7.16. The number of nitrogens with zero attached hydrogens (tertiary/aromatic N) is 1. The van der Waals surface area contributed by atoms with Gasteiger partial charge in [-0.3, -0.25) is 4.98 Å². The number of benzene rings is 3. The highest BCUT2D eigenvalue weighted by molar-refractivity contribution is 5.92. The Kier molecular flexibility index (Phi) is 2.71. The molecule has 0 aliphatic carbocycles. The van der Waals surface area contributed by atoms with Crippen LogP contribution < -0.4 is 0 Å². The third-order valence-corrected chi connectivity index (χ3v) is 4.11. The minimum absolute atomic E-state index is 1.06. The van der Waals surface area contributed by atoms with Crippen molar-refractivity contribution in [2.75, 3.05) is 0 Å². The van der Waals surface area contributed by atoms with Crippen LogP contribution in [0.1, 0.15) is 5.56 Å². The lowest BCUT2D eigenvalue weighted by atomic mass is 9.97. The maximum Gasteiger partial charge on any atom is 0.0705 e. The standard InChI is InChI=1S/C20H15N/c1-14-18-8-4-5-9-20(18)21-13-19(14)17-11-10-15-6-2-3-7-16(15)12-17/h2-13H,1H3. The highest BCUT2D eigenvalue weighted by atomic mass is 14.7. The van der Waals surface area contributed by atoms with Gasteiger partial charge in [0.25, 0.3) is 0 Å². The van der Waals surface area contributed by atoms with E-state index in [1.807, 2.05) is 12.3 Å². The van der Waals surface area contributed by atoms with Crippen molar-refractivity contribution >= 4 is 21.7 Å². The van der Waals surface area contributed by atoms with Crippen LogP contribution >= 0.6 is 0 Å². The zero-order chi connectivity index (χ0) is 14.2. The summed E-state index contributed by atoms with van der Waals surface area (Å²) in [5.41, 5.74) is 4.78. The largest absolute Gasteiger partial charge is 0.256 e. The Morgan fingerprint density at radius 3 is 2.43 bits per heavy atom. The van der Waals surface area contributed by atoms with Gasteiger partial charge < -0.3 is 0 Å². The molecular formula is C20H15N. The molecule has 1 heteroatoms. The van der Waals surface area contributed by atoms with Crippen LogP contribution in [-0.4, -0.2) is 4.98 Å². The van der Waals surface area contributed by atoms with Gasteiger partial charge in [0.2, 0.25) is 0 Å². The molecule has 0 N–H and O–H groups in total. The third kappa shape index (κ3) is 1.98. The van der Waals surface area contributed by atoms with Crippen LogP contribution in [0, 0.1) is 6.92 Å². The van der Waals surface area contributed by atoms with Crippen LogP contribution in [0.3, 0.4) is 0 Å². The average molecular weight is 269 g/mol. The molecule has 0 fully saturated rings. The second-order valence-electron chi connectivity index (χ2n) is 5.38. The number of pyridine rings is 1. The van der Waals surface area contributed by atoms with Crippen molar-refractivity contribution in [2.24, 2.45) is 0 Å². The first-order chi connectivity index (χ1) is 10.3. The van der Waals surface area contributed by atoms with E-state index in [0.29, 0.717) is 0 Å². The quantitative estimate of drug-likeness (QED) is 0.453. The lowest BCUT2D eigenvalue weighted by Crippen LogP contribution is -1.89. The van der Waals surface area contributed by atoms with Crippen LogP contribution in [0.5, 0.6) is 0 Å². The number of fused-ring (bicyclic) bond motifs is 2. The van der Waals surface area contributed by atoms with E-state index in [4.69, 9.17) is 0 Å². The van der Waals surface area contributed by atoms with Crippen LogP contribution in [0.15, 0.2) is 72.9 Å². The monoisotopic (exact) mass is 269 g/mol. The number of hydrogen-bond acceptors (Lipinski definition) is 1. The van der Waals surface area contributed by atoms with Gasteiger partial charge in [-0.2, -0.15) is 0 Å². The van der Waals surface area contributed by atoms with E-state index in [1.54, 1.807) is 0 Å². The molecule has 0 atom stereocenters. The molecule has 100 valence electrons. The van der Waals surface area contributed by atoms with Crippen LogP contribution in [0.2, 0.25) is 0 Å². The summed E-state index contributed by atoms with van der Waals surface area (Å²) in [6, 6.07) is 23.4. The van der Waals surface area contributed by atoms with Crippen LogP contribution in [-0.2, 0) is 0 Å². The van der Waals surface area contributed by atoms with E-state index < -0.39 is 0 Å². The van der Waals surface area contributed by atoms with Crippen molar-refractivity contribution in [3.05, 3.63) is 78.5 Å². The molecule has 21 heavy (non-hydrogen) atoms. The molecule has 0 saturated carbocycles. The van der Waals surface area contributed by atoms with Gasteiger partial charge >= 0.3 is 0 Å². The van der Waals surface area contributed by atoms with Gasteiger partial charge in [0, 0.05) is 17.1 Å². The fraction of sp³-hybridized carbons (Fsp3) is 0.0500. The number of hydrogen-bond donors (Lipinski definition) is 0. The molecule has 0 unspecified atom stereocenters. The van der Waals surface area contributed by atoms with E-state index in [9.17, 15) is 0 Å². The molecule has 4 rings (SSSR count). The van der Waals surface area contributed by atoms with Crippen LogP contribution in [0.4, 0.5) is 0 Å². The summed E-state index contributed by atoms with van der Waals surface area (Å²) in [4.78, 5) is 4.60. The molecular weight excluding hydrogens is 254 g/mol. The summed E-state index contributed by atoms with van der Waals surface area (Å²) in [6.07, 6.45) is 1.99. The Morgan fingerprint density at radius 1 is 0.762 bits per heavy atom. The Hall–Kier alpha value is -2.67. The molecule has 1 aromatic heterocycles. The molecule has 0 aliphatic rings.